The van der Waals surface area contributed by atoms with Crippen LogP contribution in [-0.4, -0.2) is 24.0 Å². The first-order valence-electron chi connectivity index (χ1n) is 4.97. The summed E-state index contributed by atoms with van der Waals surface area (Å²) in [6.07, 6.45) is -5.91. The largest absolute Gasteiger partial charge is 0.480 e. The summed E-state index contributed by atoms with van der Waals surface area (Å²) in [5.74, 6) is 0.291. The van der Waals surface area contributed by atoms with Crippen LogP contribution in [0.1, 0.15) is 11.1 Å². The van der Waals surface area contributed by atoms with Gasteiger partial charge in [0, 0.05) is 13.0 Å². The smallest absolute Gasteiger partial charge is 0.425 e. The number of benzene rings is 1. The molecule has 0 saturated carbocycles. The van der Waals surface area contributed by atoms with Crippen molar-refractivity contribution in [3.63, 3.8) is 0 Å². The molecule has 0 radical (unpaired) electrons. The number of rotatable bonds is 2. The van der Waals surface area contributed by atoms with E-state index in [1.165, 1.54) is 0 Å². The fraction of sp³-hybridized carbons (Fsp3) is 0.455. The minimum absolute atomic E-state index is 0.101. The van der Waals surface area contributed by atoms with Crippen LogP contribution < -0.4 is 4.74 Å². The molecule has 1 atom stereocenters. The summed E-state index contributed by atoms with van der Waals surface area (Å²) in [6, 6.07) is 4.99. The van der Waals surface area contributed by atoms with E-state index in [4.69, 9.17) is 9.84 Å². The molecule has 0 aromatic heterocycles. The fourth-order valence-electron chi connectivity index (χ4n) is 1.83. The fourth-order valence-corrected chi connectivity index (χ4v) is 1.83. The van der Waals surface area contributed by atoms with E-state index in [1.54, 1.807) is 18.2 Å². The van der Waals surface area contributed by atoms with E-state index in [-0.39, 0.29) is 13.0 Å². The third-order valence-electron chi connectivity index (χ3n) is 2.59. The van der Waals surface area contributed by atoms with Gasteiger partial charge in [-0.15, -0.1) is 0 Å². The van der Waals surface area contributed by atoms with Crippen LogP contribution in [-0.2, 0) is 12.8 Å². The maximum Gasteiger partial charge on any atom is 0.425 e. The lowest BCUT2D eigenvalue weighted by molar-refractivity contribution is -0.189. The highest BCUT2D eigenvalue weighted by Gasteiger charge is 2.45. The predicted molar refractivity (Wildman–Crippen MR) is 51.4 cm³/mol. The van der Waals surface area contributed by atoms with E-state index < -0.39 is 12.3 Å². The summed E-state index contributed by atoms with van der Waals surface area (Å²) < 4.78 is 42.3. The van der Waals surface area contributed by atoms with Crippen LogP contribution in [0, 0.1) is 0 Å². The van der Waals surface area contributed by atoms with Crippen LogP contribution in [0.25, 0.3) is 0 Å². The Bertz CT molecular complexity index is 387. The molecular weight excluding hydrogens is 221 g/mol. The van der Waals surface area contributed by atoms with E-state index in [0.29, 0.717) is 23.3 Å². The molecule has 1 aromatic carbocycles. The van der Waals surface area contributed by atoms with Crippen molar-refractivity contribution < 1.29 is 23.0 Å². The standard InChI is InChI=1S/C11H11F3O2/c12-11(13,14)9-6-8-3-1-2-7(4-5-15)10(8)16-9/h1-3,9,15H,4-6H2. The molecule has 0 saturated heterocycles. The van der Waals surface area contributed by atoms with Crippen molar-refractivity contribution in [1.82, 2.24) is 0 Å². The summed E-state index contributed by atoms with van der Waals surface area (Å²) in [4.78, 5) is 0. The van der Waals surface area contributed by atoms with Crippen molar-refractivity contribution >= 4 is 0 Å². The van der Waals surface area contributed by atoms with E-state index in [9.17, 15) is 13.2 Å². The topological polar surface area (TPSA) is 29.5 Å². The molecule has 1 unspecified atom stereocenters. The first kappa shape index (κ1) is 11.3. The Morgan fingerprint density at radius 1 is 1.38 bits per heavy atom. The van der Waals surface area contributed by atoms with Crippen molar-refractivity contribution in [3.05, 3.63) is 29.3 Å². The van der Waals surface area contributed by atoms with Crippen LogP contribution in [0.4, 0.5) is 13.2 Å². The van der Waals surface area contributed by atoms with Crippen molar-refractivity contribution in [2.75, 3.05) is 6.61 Å². The van der Waals surface area contributed by atoms with Gasteiger partial charge in [0.15, 0.2) is 6.10 Å². The molecule has 0 amide bonds. The van der Waals surface area contributed by atoms with Gasteiger partial charge in [0.05, 0.1) is 0 Å². The number of halogens is 3. The molecule has 1 N–H and O–H groups in total. The quantitative estimate of drug-likeness (QED) is 0.846. The third kappa shape index (κ3) is 2.00. The van der Waals surface area contributed by atoms with Gasteiger partial charge in [-0.3, -0.25) is 0 Å². The number of hydrogen-bond acceptors (Lipinski definition) is 2. The second kappa shape index (κ2) is 3.97. The van der Waals surface area contributed by atoms with E-state index >= 15 is 0 Å². The number of aliphatic hydroxyl groups is 1. The van der Waals surface area contributed by atoms with Crippen LogP contribution in [0.3, 0.4) is 0 Å². The number of para-hydroxylation sites is 1. The van der Waals surface area contributed by atoms with Crippen LogP contribution >= 0.6 is 0 Å². The van der Waals surface area contributed by atoms with Gasteiger partial charge in [-0.05, 0) is 17.5 Å². The van der Waals surface area contributed by atoms with Crippen molar-refractivity contribution in [3.8, 4) is 5.75 Å². The SMILES string of the molecule is OCCc1cccc2c1OC(C(F)(F)F)C2. The molecular formula is C11H11F3O2. The molecule has 16 heavy (non-hydrogen) atoms. The van der Waals surface area contributed by atoms with Crippen molar-refractivity contribution in [1.29, 1.82) is 0 Å². The molecule has 2 rings (SSSR count). The molecule has 88 valence electrons. The number of alkyl halides is 3. The summed E-state index contributed by atoms with van der Waals surface area (Å²) in [5.41, 5.74) is 1.19. The summed E-state index contributed by atoms with van der Waals surface area (Å²) in [7, 11) is 0. The summed E-state index contributed by atoms with van der Waals surface area (Å²) in [6.45, 7) is -0.101. The zero-order chi connectivity index (χ0) is 11.8. The minimum atomic E-state index is -4.34. The van der Waals surface area contributed by atoms with Gasteiger partial charge >= 0.3 is 6.18 Å². The summed E-state index contributed by atoms with van der Waals surface area (Å²) in [5, 5.41) is 8.80. The maximum atomic E-state index is 12.5. The number of hydrogen-bond donors (Lipinski definition) is 1. The number of ether oxygens (including phenoxy) is 1. The molecule has 1 aliphatic heterocycles. The van der Waals surface area contributed by atoms with Crippen LogP contribution in [0.15, 0.2) is 18.2 Å². The average Bonchev–Trinajstić information content (AvgIpc) is 2.62. The monoisotopic (exact) mass is 232 g/mol. The van der Waals surface area contributed by atoms with Gasteiger partial charge in [0.1, 0.15) is 5.75 Å². The highest BCUT2D eigenvalue weighted by Crippen LogP contribution is 2.38. The van der Waals surface area contributed by atoms with E-state index in [2.05, 4.69) is 0 Å². The summed E-state index contributed by atoms with van der Waals surface area (Å²) >= 11 is 0. The van der Waals surface area contributed by atoms with E-state index in [0.717, 1.165) is 0 Å². The van der Waals surface area contributed by atoms with E-state index in [1.807, 2.05) is 0 Å². The Morgan fingerprint density at radius 2 is 2.12 bits per heavy atom. The zero-order valence-corrected chi connectivity index (χ0v) is 8.42. The zero-order valence-electron chi connectivity index (χ0n) is 8.42. The second-order valence-electron chi connectivity index (χ2n) is 3.73. The first-order valence-corrected chi connectivity index (χ1v) is 4.97. The minimum Gasteiger partial charge on any atom is -0.480 e. The van der Waals surface area contributed by atoms with Gasteiger partial charge in [-0.25, -0.2) is 0 Å². The molecule has 1 aliphatic rings. The Hall–Kier alpha value is -1.23. The molecule has 0 aliphatic carbocycles. The number of aliphatic hydroxyl groups excluding tert-OH is 1. The van der Waals surface area contributed by atoms with Crippen LogP contribution in [0.2, 0.25) is 0 Å². The van der Waals surface area contributed by atoms with Gasteiger partial charge in [-0.1, -0.05) is 18.2 Å². The molecule has 5 heteroatoms. The molecule has 0 spiro atoms. The highest BCUT2D eigenvalue weighted by atomic mass is 19.4. The molecule has 2 nitrogen and oxygen atoms in total. The Balaban J connectivity index is 2.26. The van der Waals surface area contributed by atoms with Gasteiger partial charge in [0.25, 0.3) is 0 Å². The van der Waals surface area contributed by atoms with Crippen molar-refractivity contribution in [2.24, 2.45) is 0 Å². The normalized spacial score (nSPS) is 19.4. The van der Waals surface area contributed by atoms with Crippen molar-refractivity contribution in [2.45, 2.75) is 25.1 Å². The molecule has 0 bridgehead atoms. The Labute approximate surface area is 90.7 Å². The van der Waals surface area contributed by atoms with Gasteiger partial charge in [0.2, 0.25) is 0 Å². The van der Waals surface area contributed by atoms with Crippen LogP contribution in [0.5, 0.6) is 5.75 Å². The molecule has 0 fully saturated rings. The first-order chi connectivity index (χ1) is 7.52. The second-order valence-corrected chi connectivity index (χ2v) is 3.73. The Kier molecular flexibility index (Phi) is 2.80. The lowest BCUT2D eigenvalue weighted by Crippen LogP contribution is -2.32. The molecule has 1 aromatic rings. The van der Waals surface area contributed by atoms with Gasteiger partial charge < -0.3 is 9.84 Å². The number of fused-ring (bicyclic) bond motifs is 1. The lowest BCUT2D eigenvalue weighted by Gasteiger charge is -2.15. The lowest BCUT2D eigenvalue weighted by atomic mass is 10.0. The third-order valence-corrected chi connectivity index (χ3v) is 2.59. The van der Waals surface area contributed by atoms with Gasteiger partial charge in [-0.2, -0.15) is 13.2 Å². The highest BCUT2D eigenvalue weighted by molar-refractivity contribution is 5.45. The molecule has 1 heterocycles. The maximum absolute atomic E-state index is 12.5. The predicted octanol–water partition coefficient (Wildman–Crippen LogP) is 2.09. The Morgan fingerprint density at radius 3 is 2.75 bits per heavy atom. The average molecular weight is 232 g/mol.